The number of methoxy groups -OCH3 is 1. The molecule has 2 unspecified atom stereocenters. The van der Waals surface area contributed by atoms with Crippen LogP contribution in [0.5, 0.6) is 0 Å². The van der Waals surface area contributed by atoms with E-state index < -0.39 is 11.8 Å². The predicted molar refractivity (Wildman–Crippen MR) is 70.9 cm³/mol. The topological polar surface area (TPSA) is 59.1 Å². The van der Waals surface area contributed by atoms with Gasteiger partial charge in [-0.05, 0) is 7.05 Å². The number of nitrogens with zero attached hydrogens (tertiary/aromatic N) is 2. The van der Waals surface area contributed by atoms with Gasteiger partial charge in [0.15, 0.2) is 0 Å². The van der Waals surface area contributed by atoms with Crippen molar-refractivity contribution in [2.45, 2.75) is 12.2 Å². The number of carbonyl (C=O) groups excluding carboxylic acids is 2. The zero-order valence-corrected chi connectivity index (χ0v) is 11.8. The smallest absolute Gasteiger partial charge is 0.312 e. The van der Waals surface area contributed by atoms with Crippen molar-refractivity contribution >= 4 is 11.9 Å². The highest BCUT2D eigenvalue weighted by atomic mass is 16.5. The Kier molecular flexibility index (Phi) is 3.52. The maximum absolute atomic E-state index is 12.7. The fourth-order valence-corrected chi connectivity index (χ4v) is 3.26. The summed E-state index contributed by atoms with van der Waals surface area (Å²) < 4.78 is 10.5. The van der Waals surface area contributed by atoms with Crippen LogP contribution in [0, 0.1) is 11.8 Å². The maximum Gasteiger partial charge on any atom is 0.312 e. The van der Waals surface area contributed by atoms with Gasteiger partial charge in [0.05, 0.1) is 25.2 Å². The minimum atomic E-state index is -0.498. The van der Waals surface area contributed by atoms with Crippen LogP contribution < -0.4 is 0 Å². The fourth-order valence-electron chi connectivity index (χ4n) is 3.26. The number of likely N-dealkylation sites (N-methyl/N-ethyl adjacent to an activating group) is 1. The lowest BCUT2D eigenvalue weighted by atomic mass is 9.82. The minimum Gasteiger partial charge on any atom is -0.469 e. The molecule has 3 aliphatic rings. The molecule has 110 valence electrons. The number of rotatable bonds is 2. The number of carbonyl (C=O) groups is 2. The van der Waals surface area contributed by atoms with E-state index in [4.69, 9.17) is 9.47 Å². The van der Waals surface area contributed by atoms with E-state index in [1.54, 1.807) is 0 Å². The van der Waals surface area contributed by atoms with Crippen molar-refractivity contribution in [3.63, 3.8) is 0 Å². The summed E-state index contributed by atoms with van der Waals surface area (Å²) in [5, 5.41) is 0. The van der Waals surface area contributed by atoms with Crippen LogP contribution in [0.1, 0.15) is 0 Å². The first-order valence-corrected chi connectivity index (χ1v) is 7.01. The third kappa shape index (κ3) is 2.13. The van der Waals surface area contributed by atoms with Gasteiger partial charge in [-0.15, -0.1) is 0 Å². The van der Waals surface area contributed by atoms with Gasteiger partial charge in [0.2, 0.25) is 5.91 Å². The third-order valence-corrected chi connectivity index (χ3v) is 4.47. The molecule has 6 heteroatoms. The summed E-state index contributed by atoms with van der Waals surface area (Å²) in [6.45, 7) is 3.15. The van der Waals surface area contributed by atoms with E-state index in [9.17, 15) is 9.59 Å². The number of ether oxygens (including phenoxy) is 2. The van der Waals surface area contributed by atoms with Gasteiger partial charge < -0.3 is 19.3 Å². The average Bonchev–Trinajstić information content (AvgIpc) is 3.07. The van der Waals surface area contributed by atoms with Crippen LogP contribution in [-0.4, -0.2) is 74.2 Å². The van der Waals surface area contributed by atoms with E-state index in [-0.39, 0.29) is 24.1 Å². The van der Waals surface area contributed by atoms with Gasteiger partial charge in [0, 0.05) is 26.2 Å². The summed E-state index contributed by atoms with van der Waals surface area (Å²) in [5.41, 5.74) is 0. The Morgan fingerprint density at radius 1 is 1.10 bits per heavy atom. The number of esters is 1. The molecule has 4 atom stereocenters. The average molecular weight is 280 g/mol. The van der Waals surface area contributed by atoms with Crippen LogP contribution in [0.2, 0.25) is 0 Å². The standard InChI is InChI=1S/C14H20N2O4/c1-15-5-7-16(8-6-15)13(17)11-9-3-4-10(20-9)12(11)14(18)19-2/h3-4,9-12H,5-8H2,1-2H3/t9-,10+,11?,12?/m1/s1. The van der Waals surface area contributed by atoms with Crippen molar-refractivity contribution in [3.05, 3.63) is 12.2 Å². The summed E-state index contributed by atoms with van der Waals surface area (Å²) in [6.07, 6.45) is 3.16. The molecule has 0 aromatic carbocycles. The zero-order chi connectivity index (χ0) is 14.3. The molecular formula is C14H20N2O4. The second kappa shape index (κ2) is 5.18. The molecule has 0 aromatic heterocycles. The van der Waals surface area contributed by atoms with Gasteiger partial charge >= 0.3 is 5.97 Å². The molecular weight excluding hydrogens is 260 g/mol. The van der Waals surface area contributed by atoms with Crippen LogP contribution in [0.25, 0.3) is 0 Å². The molecule has 0 radical (unpaired) electrons. The normalized spacial score (nSPS) is 36.4. The lowest BCUT2D eigenvalue weighted by Crippen LogP contribution is -2.52. The largest absolute Gasteiger partial charge is 0.469 e. The van der Waals surface area contributed by atoms with Crippen LogP contribution in [-0.2, 0) is 19.1 Å². The number of fused-ring (bicyclic) bond motifs is 2. The molecule has 0 spiro atoms. The summed E-state index contributed by atoms with van der Waals surface area (Å²) in [7, 11) is 3.40. The maximum atomic E-state index is 12.7. The van der Waals surface area contributed by atoms with Crippen molar-refractivity contribution in [1.29, 1.82) is 0 Å². The Bertz CT molecular complexity index is 442. The summed E-state index contributed by atoms with van der Waals surface area (Å²) >= 11 is 0. The first-order valence-electron chi connectivity index (χ1n) is 7.01. The Hall–Kier alpha value is -1.40. The first kappa shape index (κ1) is 13.6. The molecule has 2 saturated heterocycles. The predicted octanol–water partition coefficient (Wildman–Crippen LogP) is -0.497. The Labute approximate surface area is 118 Å². The summed E-state index contributed by atoms with van der Waals surface area (Å²) in [4.78, 5) is 28.7. The van der Waals surface area contributed by atoms with Gasteiger partial charge in [-0.2, -0.15) is 0 Å². The van der Waals surface area contributed by atoms with Crippen LogP contribution in [0.3, 0.4) is 0 Å². The lowest BCUT2D eigenvalue weighted by molar-refractivity contribution is -0.152. The molecule has 1 amide bonds. The van der Waals surface area contributed by atoms with Gasteiger partial charge in [0.25, 0.3) is 0 Å². The molecule has 2 fully saturated rings. The summed E-state index contributed by atoms with van der Waals surface area (Å²) in [6, 6.07) is 0. The first-order chi connectivity index (χ1) is 9.61. The highest BCUT2D eigenvalue weighted by molar-refractivity contribution is 5.88. The Morgan fingerprint density at radius 2 is 1.70 bits per heavy atom. The molecule has 0 saturated carbocycles. The fraction of sp³-hybridized carbons (Fsp3) is 0.714. The molecule has 0 N–H and O–H groups in total. The monoisotopic (exact) mass is 280 g/mol. The van der Waals surface area contributed by atoms with Gasteiger partial charge in [-0.1, -0.05) is 12.2 Å². The molecule has 6 nitrogen and oxygen atoms in total. The van der Waals surface area contributed by atoms with E-state index in [1.165, 1.54) is 7.11 Å². The van der Waals surface area contributed by atoms with Crippen molar-refractivity contribution in [1.82, 2.24) is 9.80 Å². The van der Waals surface area contributed by atoms with E-state index in [0.717, 1.165) is 13.1 Å². The van der Waals surface area contributed by atoms with Gasteiger partial charge in [0.1, 0.15) is 5.92 Å². The van der Waals surface area contributed by atoms with Gasteiger partial charge in [-0.3, -0.25) is 9.59 Å². The minimum absolute atomic E-state index is 0.0188. The Balaban J connectivity index is 1.76. The van der Waals surface area contributed by atoms with Crippen LogP contribution in [0.4, 0.5) is 0 Å². The number of hydrogen-bond donors (Lipinski definition) is 0. The zero-order valence-electron chi connectivity index (χ0n) is 11.8. The lowest BCUT2D eigenvalue weighted by Gasteiger charge is -2.35. The second-order valence-corrected chi connectivity index (χ2v) is 5.65. The quantitative estimate of drug-likeness (QED) is 0.504. The molecule has 0 aliphatic carbocycles. The van der Waals surface area contributed by atoms with Crippen LogP contribution in [0.15, 0.2) is 12.2 Å². The Morgan fingerprint density at radius 3 is 2.30 bits per heavy atom. The van der Waals surface area contributed by atoms with E-state index in [0.29, 0.717) is 13.1 Å². The molecule has 0 aromatic rings. The van der Waals surface area contributed by atoms with E-state index >= 15 is 0 Å². The van der Waals surface area contributed by atoms with Gasteiger partial charge in [-0.25, -0.2) is 0 Å². The third-order valence-electron chi connectivity index (χ3n) is 4.47. The number of amides is 1. The van der Waals surface area contributed by atoms with E-state index in [1.807, 2.05) is 24.1 Å². The van der Waals surface area contributed by atoms with Crippen molar-refractivity contribution in [2.24, 2.45) is 11.8 Å². The molecule has 3 rings (SSSR count). The highest BCUT2D eigenvalue weighted by Crippen LogP contribution is 2.40. The molecule has 3 heterocycles. The van der Waals surface area contributed by atoms with E-state index in [2.05, 4.69) is 4.90 Å². The SMILES string of the molecule is COC(=O)C1C(C(=O)N2CCN(C)CC2)[C@H]2C=C[C@@H]1O2. The van der Waals surface area contributed by atoms with Crippen molar-refractivity contribution < 1.29 is 19.1 Å². The molecule has 3 aliphatic heterocycles. The summed E-state index contributed by atoms with van der Waals surface area (Å²) in [5.74, 6) is -1.26. The molecule has 20 heavy (non-hydrogen) atoms. The number of piperazine rings is 1. The second-order valence-electron chi connectivity index (χ2n) is 5.65. The molecule has 2 bridgehead atoms. The number of hydrogen-bond acceptors (Lipinski definition) is 5. The van der Waals surface area contributed by atoms with Crippen molar-refractivity contribution in [2.75, 3.05) is 40.3 Å². The van der Waals surface area contributed by atoms with Crippen LogP contribution >= 0.6 is 0 Å². The highest BCUT2D eigenvalue weighted by Gasteiger charge is 2.54. The van der Waals surface area contributed by atoms with Crippen molar-refractivity contribution in [3.8, 4) is 0 Å².